The van der Waals surface area contributed by atoms with Crippen molar-refractivity contribution < 1.29 is 9.59 Å². The van der Waals surface area contributed by atoms with E-state index in [0.717, 1.165) is 24.4 Å². The molecule has 0 spiro atoms. The summed E-state index contributed by atoms with van der Waals surface area (Å²) < 4.78 is 0. The quantitative estimate of drug-likeness (QED) is 0.864. The van der Waals surface area contributed by atoms with Gasteiger partial charge in [-0.15, -0.1) is 10.2 Å². The molecule has 2 aliphatic rings. The van der Waals surface area contributed by atoms with Gasteiger partial charge in [-0.25, -0.2) is 0 Å². The van der Waals surface area contributed by atoms with Crippen LogP contribution in [0.1, 0.15) is 82.1 Å². The normalized spacial score (nSPS) is 22.0. The minimum atomic E-state index is -0.149. The number of hydrogen-bond donors (Lipinski definition) is 1. The molecule has 1 aromatic rings. The monoisotopic (exact) mass is 364 g/mol. The number of nitrogens with zero attached hydrogens (tertiary/aromatic N) is 3. The van der Waals surface area contributed by atoms with Crippen molar-refractivity contribution in [1.29, 1.82) is 0 Å². The number of carbonyl (C=O) groups excluding carboxylic acids is 2. The van der Waals surface area contributed by atoms with Crippen molar-refractivity contribution >= 4 is 28.3 Å². The van der Waals surface area contributed by atoms with E-state index in [4.69, 9.17) is 0 Å². The third-order valence-electron chi connectivity index (χ3n) is 5.33. The summed E-state index contributed by atoms with van der Waals surface area (Å²) in [5.41, 5.74) is 0. The second kappa shape index (κ2) is 8.74. The van der Waals surface area contributed by atoms with Gasteiger partial charge < -0.3 is 10.2 Å². The van der Waals surface area contributed by atoms with E-state index in [1.165, 1.54) is 49.9 Å². The second-order valence-corrected chi connectivity index (χ2v) is 8.27. The van der Waals surface area contributed by atoms with Gasteiger partial charge in [-0.05, 0) is 39.0 Å². The van der Waals surface area contributed by atoms with Crippen molar-refractivity contribution in [2.24, 2.45) is 0 Å². The molecule has 2 fully saturated rings. The van der Waals surface area contributed by atoms with Crippen LogP contribution in [0.4, 0.5) is 5.13 Å². The number of carbonyl (C=O) groups is 2. The predicted molar refractivity (Wildman–Crippen MR) is 98.6 cm³/mol. The van der Waals surface area contributed by atoms with Crippen LogP contribution in [0, 0.1) is 0 Å². The molecule has 2 heterocycles. The van der Waals surface area contributed by atoms with E-state index in [9.17, 15) is 9.59 Å². The molecule has 0 bridgehead atoms. The van der Waals surface area contributed by atoms with Gasteiger partial charge in [0, 0.05) is 31.3 Å². The molecule has 0 radical (unpaired) electrons. The highest BCUT2D eigenvalue weighted by Gasteiger charge is 2.24. The second-order valence-electron chi connectivity index (χ2n) is 7.26. The van der Waals surface area contributed by atoms with E-state index < -0.39 is 0 Å². The van der Waals surface area contributed by atoms with Gasteiger partial charge in [0.1, 0.15) is 5.01 Å². The van der Waals surface area contributed by atoms with Crippen molar-refractivity contribution in [3.05, 3.63) is 5.01 Å². The summed E-state index contributed by atoms with van der Waals surface area (Å²) in [5.74, 6) is 0.436. The molecule has 1 atom stereocenters. The summed E-state index contributed by atoms with van der Waals surface area (Å²) in [5, 5.41) is 12.8. The van der Waals surface area contributed by atoms with Crippen LogP contribution in [-0.4, -0.2) is 39.5 Å². The maximum absolute atomic E-state index is 12.3. The lowest BCUT2D eigenvalue weighted by molar-refractivity contribution is -0.135. The average Bonchev–Trinajstić information content (AvgIpc) is 3.09. The highest BCUT2D eigenvalue weighted by atomic mass is 32.1. The molecule has 1 saturated heterocycles. The first kappa shape index (κ1) is 18.3. The number of aromatic nitrogens is 2. The van der Waals surface area contributed by atoms with E-state index >= 15 is 0 Å². The van der Waals surface area contributed by atoms with Crippen molar-refractivity contribution in [3.63, 3.8) is 0 Å². The Morgan fingerprint density at radius 1 is 1.08 bits per heavy atom. The fourth-order valence-electron chi connectivity index (χ4n) is 3.81. The van der Waals surface area contributed by atoms with Crippen LogP contribution in [0.5, 0.6) is 0 Å². The van der Waals surface area contributed by atoms with Crippen molar-refractivity contribution in [1.82, 2.24) is 15.1 Å². The summed E-state index contributed by atoms with van der Waals surface area (Å²) in [7, 11) is 0. The molecule has 1 saturated carbocycles. The Kier molecular flexibility index (Phi) is 6.39. The molecule has 1 aliphatic heterocycles. The highest BCUT2D eigenvalue weighted by Crippen LogP contribution is 2.35. The molecule has 3 rings (SSSR count). The molecule has 2 amide bonds. The molecular formula is C18H28N4O2S. The number of anilines is 1. The number of amides is 2. The maximum Gasteiger partial charge on any atom is 0.226 e. The lowest BCUT2D eigenvalue weighted by atomic mass is 9.90. The number of piperidine rings is 1. The summed E-state index contributed by atoms with van der Waals surface area (Å²) in [6.07, 6.45) is 9.95. The van der Waals surface area contributed by atoms with Crippen molar-refractivity contribution in [2.45, 2.75) is 83.1 Å². The topological polar surface area (TPSA) is 75.2 Å². The van der Waals surface area contributed by atoms with Gasteiger partial charge >= 0.3 is 0 Å². The zero-order chi connectivity index (χ0) is 17.6. The van der Waals surface area contributed by atoms with Gasteiger partial charge in [0.2, 0.25) is 16.9 Å². The van der Waals surface area contributed by atoms with Gasteiger partial charge in [0.15, 0.2) is 0 Å². The molecule has 1 aromatic heterocycles. The summed E-state index contributed by atoms with van der Waals surface area (Å²) in [4.78, 5) is 26.3. The Morgan fingerprint density at radius 2 is 1.84 bits per heavy atom. The van der Waals surface area contributed by atoms with Gasteiger partial charge in [-0.2, -0.15) is 0 Å². The summed E-state index contributed by atoms with van der Waals surface area (Å²) >= 11 is 1.48. The van der Waals surface area contributed by atoms with Crippen molar-refractivity contribution in [3.8, 4) is 0 Å². The first-order valence-corrected chi connectivity index (χ1v) is 10.4. The van der Waals surface area contributed by atoms with Crippen molar-refractivity contribution in [2.75, 3.05) is 11.9 Å². The van der Waals surface area contributed by atoms with E-state index in [0.29, 0.717) is 17.1 Å². The molecule has 0 aromatic carbocycles. The lowest BCUT2D eigenvalue weighted by Gasteiger charge is -2.33. The van der Waals surface area contributed by atoms with Gasteiger partial charge in [-0.1, -0.05) is 30.6 Å². The minimum absolute atomic E-state index is 0.0857. The number of rotatable bonds is 5. The zero-order valence-corrected chi connectivity index (χ0v) is 15.8. The summed E-state index contributed by atoms with van der Waals surface area (Å²) in [6.45, 7) is 2.91. The summed E-state index contributed by atoms with van der Waals surface area (Å²) in [6, 6.07) is 0.297. The van der Waals surface area contributed by atoms with Crippen LogP contribution in [0.25, 0.3) is 0 Å². The Bertz CT molecular complexity index is 598. The van der Waals surface area contributed by atoms with Gasteiger partial charge in [-0.3, -0.25) is 9.59 Å². The Labute approximate surface area is 153 Å². The molecule has 1 aliphatic carbocycles. The van der Waals surface area contributed by atoms with E-state index in [1.807, 2.05) is 4.90 Å². The number of likely N-dealkylation sites (tertiary alicyclic amines) is 1. The van der Waals surface area contributed by atoms with Crippen LogP contribution in [0.15, 0.2) is 0 Å². The number of nitrogens with one attached hydrogen (secondary N) is 1. The van der Waals surface area contributed by atoms with E-state index in [2.05, 4.69) is 22.4 Å². The van der Waals surface area contributed by atoms with Gasteiger partial charge in [0.05, 0.1) is 0 Å². The molecule has 6 nitrogen and oxygen atoms in total. The van der Waals surface area contributed by atoms with Crippen LogP contribution >= 0.6 is 11.3 Å². The molecule has 138 valence electrons. The predicted octanol–water partition coefficient (Wildman–Crippen LogP) is 3.71. The van der Waals surface area contributed by atoms with Crippen LogP contribution in [0.2, 0.25) is 0 Å². The molecule has 0 unspecified atom stereocenters. The van der Waals surface area contributed by atoms with E-state index in [-0.39, 0.29) is 24.7 Å². The van der Waals surface area contributed by atoms with Crippen LogP contribution in [0.3, 0.4) is 0 Å². The number of hydrogen-bond acceptors (Lipinski definition) is 5. The van der Waals surface area contributed by atoms with Crippen LogP contribution < -0.4 is 5.32 Å². The fraction of sp³-hybridized carbons (Fsp3) is 0.778. The highest BCUT2D eigenvalue weighted by molar-refractivity contribution is 7.15. The minimum Gasteiger partial charge on any atom is -0.340 e. The Balaban J connectivity index is 1.44. The largest absolute Gasteiger partial charge is 0.340 e. The first-order valence-electron chi connectivity index (χ1n) is 9.56. The standard InChI is InChI=1S/C18H28N4O2S/c1-13-7-5-6-12-22(13)16(24)11-10-15(23)19-18-21-20-17(25-18)14-8-3-2-4-9-14/h13-14H,2-12H2,1H3,(H,19,21,23)/t13-/m0/s1. The molecule has 7 heteroatoms. The Morgan fingerprint density at radius 3 is 2.60 bits per heavy atom. The molecular weight excluding hydrogens is 336 g/mol. The fourth-order valence-corrected chi connectivity index (χ4v) is 4.74. The zero-order valence-electron chi connectivity index (χ0n) is 15.0. The maximum atomic E-state index is 12.3. The SMILES string of the molecule is C[C@H]1CCCCN1C(=O)CCC(=O)Nc1nnc(C2CCCCC2)s1. The molecule has 1 N–H and O–H groups in total. The smallest absolute Gasteiger partial charge is 0.226 e. The third-order valence-corrected chi connectivity index (χ3v) is 6.33. The third kappa shape index (κ3) is 5.00. The van der Waals surface area contributed by atoms with Gasteiger partial charge in [0.25, 0.3) is 0 Å². The van der Waals surface area contributed by atoms with Crippen LogP contribution in [-0.2, 0) is 9.59 Å². The average molecular weight is 365 g/mol. The lowest BCUT2D eigenvalue weighted by Crippen LogP contribution is -2.42. The first-order chi connectivity index (χ1) is 12.1. The molecule has 25 heavy (non-hydrogen) atoms. The van der Waals surface area contributed by atoms with E-state index in [1.54, 1.807) is 0 Å². The Hall–Kier alpha value is -1.50.